The van der Waals surface area contributed by atoms with Crippen LogP contribution in [0.15, 0.2) is 4.41 Å². The van der Waals surface area contributed by atoms with E-state index in [0.29, 0.717) is 5.16 Å². The van der Waals surface area contributed by atoms with Crippen molar-refractivity contribution in [2.45, 2.75) is 77.9 Å². The van der Waals surface area contributed by atoms with Gasteiger partial charge in [0.05, 0.1) is 0 Å². The van der Waals surface area contributed by atoms with Crippen LogP contribution in [0.1, 0.15) is 13.8 Å². The summed E-state index contributed by atoms with van der Waals surface area (Å²) >= 11 is 0. The lowest BCUT2D eigenvalue weighted by atomic mass is 10.3. The van der Waals surface area contributed by atoms with Crippen molar-refractivity contribution in [2.75, 3.05) is 6.16 Å². The van der Waals surface area contributed by atoms with E-state index in [2.05, 4.69) is 76.8 Å². The summed E-state index contributed by atoms with van der Waals surface area (Å²) in [5.41, 5.74) is 0. The summed E-state index contributed by atoms with van der Waals surface area (Å²) in [7, 11) is -5.21. The quantitative estimate of drug-likeness (QED) is 0.475. The highest BCUT2D eigenvalue weighted by molar-refractivity contribution is 7.77. The molecule has 0 radical (unpaired) electrons. The molecule has 0 spiro atoms. The lowest BCUT2D eigenvalue weighted by molar-refractivity contribution is 0.874. The zero-order chi connectivity index (χ0) is 15.5. The van der Waals surface area contributed by atoms with Gasteiger partial charge in [-0.05, 0) is 0 Å². The van der Waals surface area contributed by atoms with Crippen molar-refractivity contribution in [1.82, 2.24) is 4.00 Å². The summed E-state index contributed by atoms with van der Waals surface area (Å²) < 4.78 is 8.64. The van der Waals surface area contributed by atoms with Gasteiger partial charge in [-0.15, -0.1) is 0 Å². The second-order valence-corrected chi connectivity index (χ2v) is 28.9. The Kier molecular flexibility index (Phi) is 4.40. The van der Waals surface area contributed by atoms with Crippen LogP contribution in [0, 0.1) is 0 Å². The maximum Gasteiger partial charge on any atom is 0.172 e. The Hall–Kier alpha value is 0.841. The third-order valence-electron chi connectivity index (χ3n) is 3.54. The first-order valence-corrected chi connectivity index (χ1v) is 19.7. The van der Waals surface area contributed by atoms with Crippen molar-refractivity contribution in [3.63, 3.8) is 0 Å². The first-order chi connectivity index (χ1) is 8.03. The second kappa shape index (κ2) is 4.67. The summed E-state index contributed by atoms with van der Waals surface area (Å²) in [5, 5.41) is 0.480. The van der Waals surface area contributed by atoms with E-state index in [1.54, 1.807) is 0 Å². The molecule has 1 fully saturated rings. The Labute approximate surface area is 124 Å². The molecule has 1 heterocycles. The molecule has 1 unspecified atom stereocenters. The first-order valence-electron chi connectivity index (χ1n) is 7.46. The SMILES string of the molecule is CC1(C)CP1(=N[Si](C)(C)C)N([Si](C)(C)C)[Si](C)(C)C. The van der Waals surface area contributed by atoms with E-state index in [1.807, 2.05) is 0 Å². The largest absolute Gasteiger partial charge is 0.325 e. The van der Waals surface area contributed by atoms with Crippen molar-refractivity contribution in [3.05, 3.63) is 0 Å². The summed E-state index contributed by atoms with van der Waals surface area (Å²) in [6.45, 7) is 27.4. The molecule has 0 aliphatic carbocycles. The summed E-state index contributed by atoms with van der Waals surface area (Å²) in [4.78, 5) is 0. The molecular formula is C13H35N2PSi3. The topological polar surface area (TPSA) is 15.6 Å². The van der Waals surface area contributed by atoms with Crippen molar-refractivity contribution >= 4 is 31.9 Å². The standard InChI is InChI=1S/C13H35N2PSi3/c1-13(2)12-16(13,14-17(3,4)5)15(18(6,7)8)19(9,10)11/h12H2,1-11H3. The third kappa shape index (κ3) is 3.73. The average Bonchev–Trinajstić information content (AvgIpc) is 2.38. The highest BCUT2D eigenvalue weighted by atomic mass is 31.2. The molecule has 19 heavy (non-hydrogen) atoms. The van der Waals surface area contributed by atoms with Crippen molar-refractivity contribution < 1.29 is 0 Å². The molecule has 0 bridgehead atoms. The van der Waals surface area contributed by atoms with Gasteiger partial charge in [0.15, 0.2) is 8.24 Å². The van der Waals surface area contributed by atoms with Crippen molar-refractivity contribution in [3.8, 4) is 0 Å². The highest BCUT2D eigenvalue weighted by Gasteiger charge is 2.62. The molecule has 0 aromatic rings. The Morgan fingerprint density at radius 1 is 0.842 bits per heavy atom. The fourth-order valence-corrected chi connectivity index (χ4v) is 30.2. The number of nitrogens with zero attached hydrogens (tertiary/aromatic N) is 2. The monoisotopic (exact) mass is 334 g/mol. The van der Waals surface area contributed by atoms with E-state index < -0.39 is 31.9 Å². The predicted octanol–water partition coefficient (Wildman–Crippen LogP) is 5.70. The predicted molar refractivity (Wildman–Crippen MR) is 100 cm³/mol. The fraction of sp³-hybridized carbons (Fsp3) is 1.00. The van der Waals surface area contributed by atoms with Crippen molar-refractivity contribution in [2.24, 2.45) is 4.41 Å². The second-order valence-electron chi connectivity index (χ2n) is 9.63. The van der Waals surface area contributed by atoms with Gasteiger partial charge in [0.2, 0.25) is 0 Å². The Morgan fingerprint density at radius 3 is 1.32 bits per heavy atom. The van der Waals surface area contributed by atoms with Gasteiger partial charge in [-0.25, -0.2) is 0 Å². The van der Waals surface area contributed by atoms with E-state index in [1.165, 1.54) is 6.16 Å². The molecule has 1 aliphatic rings. The van der Waals surface area contributed by atoms with E-state index in [-0.39, 0.29) is 0 Å². The Morgan fingerprint density at radius 2 is 1.16 bits per heavy atom. The summed E-state index contributed by atoms with van der Waals surface area (Å²) in [6, 6.07) is 0. The smallest absolute Gasteiger partial charge is 0.172 e. The van der Waals surface area contributed by atoms with Crippen LogP contribution in [0.2, 0.25) is 58.9 Å². The van der Waals surface area contributed by atoms with Gasteiger partial charge in [-0.3, -0.25) is 0 Å². The van der Waals surface area contributed by atoms with Gasteiger partial charge < -0.3 is 8.41 Å². The maximum absolute atomic E-state index is 5.58. The van der Waals surface area contributed by atoms with E-state index in [4.69, 9.17) is 4.41 Å². The molecule has 114 valence electrons. The average molecular weight is 335 g/mol. The first kappa shape index (κ1) is 17.9. The van der Waals surface area contributed by atoms with Crippen molar-refractivity contribution in [1.29, 1.82) is 0 Å². The van der Waals surface area contributed by atoms with E-state index in [9.17, 15) is 0 Å². The van der Waals surface area contributed by atoms with Crippen LogP contribution < -0.4 is 0 Å². The molecular weight excluding hydrogens is 299 g/mol. The maximum atomic E-state index is 5.58. The molecule has 0 N–H and O–H groups in total. The van der Waals surface area contributed by atoms with Gasteiger partial charge in [-0.2, -0.15) is 0 Å². The zero-order valence-electron chi connectivity index (χ0n) is 15.0. The van der Waals surface area contributed by atoms with Crippen LogP contribution in [0.5, 0.6) is 0 Å². The number of hydrogen-bond donors (Lipinski definition) is 0. The molecule has 2 nitrogen and oxygen atoms in total. The molecule has 6 heteroatoms. The van der Waals surface area contributed by atoms with Crippen LogP contribution in [0.3, 0.4) is 0 Å². The Balaban J connectivity index is 3.47. The van der Waals surface area contributed by atoms with Gasteiger partial charge in [0.1, 0.15) is 16.5 Å². The molecule has 0 saturated carbocycles. The third-order valence-corrected chi connectivity index (χ3v) is 23.0. The molecule has 1 atom stereocenters. The molecule has 1 aliphatic heterocycles. The van der Waals surface area contributed by atoms with Crippen LogP contribution >= 0.6 is 7.21 Å². The van der Waals surface area contributed by atoms with Crippen LogP contribution in [-0.4, -0.2) is 40.0 Å². The molecule has 0 aromatic carbocycles. The molecule has 0 amide bonds. The van der Waals surface area contributed by atoms with Gasteiger partial charge in [0, 0.05) is 18.5 Å². The lowest BCUT2D eigenvalue weighted by Gasteiger charge is -2.47. The fourth-order valence-electron chi connectivity index (χ4n) is 3.56. The number of hydrogen-bond acceptors (Lipinski definition) is 1. The van der Waals surface area contributed by atoms with Crippen LogP contribution in [0.4, 0.5) is 0 Å². The molecule has 1 rings (SSSR count). The minimum atomic E-state index is -1.36. The zero-order valence-corrected chi connectivity index (χ0v) is 18.9. The number of rotatable bonds is 4. The lowest BCUT2D eigenvalue weighted by Crippen LogP contribution is -2.56. The summed E-state index contributed by atoms with van der Waals surface area (Å²) in [6.07, 6.45) is 1.37. The minimum Gasteiger partial charge on any atom is -0.325 e. The Bertz CT molecular complexity index is 397. The highest BCUT2D eigenvalue weighted by Crippen LogP contribution is 2.82. The van der Waals surface area contributed by atoms with Crippen LogP contribution in [-0.2, 0) is 0 Å². The summed E-state index contributed by atoms with van der Waals surface area (Å²) in [5.74, 6) is 0. The van der Waals surface area contributed by atoms with Gasteiger partial charge >= 0.3 is 0 Å². The van der Waals surface area contributed by atoms with Crippen LogP contribution in [0.25, 0.3) is 0 Å². The van der Waals surface area contributed by atoms with Gasteiger partial charge in [0.25, 0.3) is 0 Å². The van der Waals surface area contributed by atoms with Gasteiger partial charge in [-0.1, -0.05) is 72.8 Å². The van der Waals surface area contributed by atoms with E-state index >= 15 is 0 Å². The van der Waals surface area contributed by atoms with E-state index in [0.717, 1.165) is 0 Å². The minimum absolute atomic E-state index is 0.480. The normalized spacial score (nSPS) is 27.6. The molecule has 0 aromatic heterocycles. The molecule has 1 saturated heterocycles.